The van der Waals surface area contributed by atoms with E-state index in [-0.39, 0.29) is 5.41 Å². The minimum atomic E-state index is -0.225. The Morgan fingerprint density at radius 1 is 1.39 bits per heavy atom. The highest BCUT2D eigenvalue weighted by molar-refractivity contribution is 5.76. The molecular weight excluding hydrogens is 224 g/mol. The topological polar surface area (TPSA) is 44.1 Å². The van der Waals surface area contributed by atoms with E-state index >= 15 is 0 Å². The molecule has 0 N–H and O–H groups in total. The standard InChI is InChI=1S/C15H26N2O/c1-13-6-7-14(18)17(11-8-13)10-5-4-9-15(2,3)12-16/h13H,4-11H2,1-3H3. The quantitative estimate of drug-likeness (QED) is 0.702. The van der Waals surface area contributed by atoms with Gasteiger partial charge in [0.2, 0.25) is 5.91 Å². The van der Waals surface area contributed by atoms with Gasteiger partial charge < -0.3 is 4.90 Å². The molecule has 0 aliphatic carbocycles. The molecule has 1 rings (SSSR count). The second-order valence-corrected chi connectivity index (χ2v) is 6.27. The van der Waals surface area contributed by atoms with Crippen LogP contribution in [0.25, 0.3) is 0 Å². The van der Waals surface area contributed by atoms with Gasteiger partial charge in [0.1, 0.15) is 0 Å². The Morgan fingerprint density at radius 3 is 2.78 bits per heavy atom. The summed E-state index contributed by atoms with van der Waals surface area (Å²) in [5.74, 6) is 0.996. The number of nitriles is 1. The molecule has 1 saturated heterocycles. The second kappa shape index (κ2) is 6.78. The van der Waals surface area contributed by atoms with Gasteiger partial charge >= 0.3 is 0 Å². The molecule has 102 valence electrons. The first-order valence-electron chi connectivity index (χ1n) is 7.13. The third kappa shape index (κ3) is 5.08. The second-order valence-electron chi connectivity index (χ2n) is 6.27. The summed E-state index contributed by atoms with van der Waals surface area (Å²) in [6.45, 7) is 7.97. The molecular formula is C15H26N2O. The molecule has 1 fully saturated rings. The van der Waals surface area contributed by atoms with Gasteiger partial charge in [-0.1, -0.05) is 13.3 Å². The van der Waals surface area contributed by atoms with Crippen LogP contribution in [0.15, 0.2) is 0 Å². The number of carbonyl (C=O) groups excluding carboxylic acids is 1. The van der Waals surface area contributed by atoms with Crippen LogP contribution in [-0.4, -0.2) is 23.9 Å². The Bertz CT molecular complexity index is 317. The molecule has 18 heavy (non-hydrogen) atoms. The maximum Gasteiger partial charge on any atom is 0.222 e. The summed E-state index contributed by atoms with van der Waals surface area (Å²) in [5.41, 5.74) is -0.225. The van der Waals surface area contributed by atoms with E-state index in [9.17, 15) is 4.79 Å². The van der Waals surface area contributed by atoms with E-state index in [2.05, 4.69) is 13.0 Å². The van der Waals surface area contributed by atoms with Crippen molar-refractivity contribution in [2.24, 2.45) is 11.3 Å². The average molecular weight is 250 g/mol. The zero-order chi connectivity index (χ0) is 13.6. The lowest BCUT2D eigenvalue weighted by atomic mass is 9.89. The van der Waals surface area contributed by atoms with E-state index in [1.54, 1.807) is 0 Å². The summed E-state index contributed by atoms with van der Waals surface area (Å²) in [6.07, 6.45) is 5.85. The molecule has 1 aliphatic heterocycles. The van der Waals surface area contributed by atoms with E-state index in [0.29, 0.717) is 18.2 Å². The van der Waals surface area contributed by atoms with Crippen LogP contribution in [-0.2, 0) is 4.79 Å². The van der Waals surface area contributed by atoms with Gasteiger partial charge in [-0.3, -0.25) is 4.79 Å². The average Bonchev–Trinajstić information content (AvgIpc) is 2.49. The highest BCUT2D eigenvalue weighted by Crippen LogP contribution is 2.22. The highest BCUT2D eigenvalue weighted by Gasteiger charge is 2.20. The fourth-order valence-corrected chi connectivity index (χ4v) is 2.34. The van der Waals surface area contributed by atoms with Crippen molar-refractivity contribution in [3.8, 4) is 6.07 Å². The number of likely N-dealkylation sites (tertiary alicyclic amines) is 1. The zero-order valence-corrected chi connectivity index (χ0v) is 12.0. The van der Waals surface area contributed by atoms with Crippen molar-refractivity contribution in [2.45, 2.75) is 59.3 Å². The molecule has 1 amide bonds. The minimum Gasteiger partial charge on any atom is -0.343 e. The van der Waals surface area contributed by atoms with E-state index in [0.717, 1.165) is 45.2 Å². The molecule has 0 radical (unpaired) electrons. The lowest BCUT2D eigenvalue weighted by Crippen LogP contribution is -2.31. The Hall–Kier alpha value is -1.04. The van der Waals surface area contributed by atoms with Gasteiger partial charge in [-0.05, 0) is 45.4 Å². The maximum absolute atomic E-state index is 11.9. The first-order valence-corrected chi connectivity index (χ1v) is 7.13. The zero-order valence-electron chi connectivity index (χ0n) is 12.0. The molecule has 1 atom stereocenters. The third-order valence-corrected chi connectivity index (χ3v) is 3.88. The van der Waals surface area contributed by atoms with Crippen LogP contribution >= 0.6 is 0 Å². The van der Waals surface area contributed by atoms with Crippen molar-refractivity contribution >= 4 is 5.91 Å². The van der Waals surface area contributed by atoms with Crippen LogP contribution in [0.3, 0.4) is 0 Å². The Morgan fingerprint density at radius 2 is 2.11 bits per heavy atom. The van der Waals surface area contributed by atoms with E-state index in [1.165, 1.54) is 0 Å². The van der Waals surface area contributed by atoms with Gasteiger partial charge in [0.15, 0.2) is 0 Å². The van der Waals surface area contributed by atoms with Crippen LogP contribution in [0.4, 0.5) is 0 Å². The molecule has 1 unspecified atom stereocenters. The number of rotatable bonds is 5. The van der Waals surface area contributed by atoms with Gasteiger partial charge in [-0.15, -0.1) is 0 Å². The van der Waals surface area contributed by atoms with Gasteiger partial charge in [-0.2, -0.15) is 5.26 Å². The van der Waals surface area contributed by atoms with Crippen molar-refractivity contribution < 1.29 is 4.79 Å². The summed E-state index contributed by atoms with van der Waals surface area (Å²) in [5, 5.41) is 8.94. The van der Waals surface area contributed by atoms with Crippen molar-refractivity contribution in [2.75, 3.05) is 13.1 Å². The summed E-state index contributed by atoms with van der Waals surface area (Å²) in [7, 11) is 0. The molecule has 0 bridgehead atoms. The number of amides is 1. The Kier molecular flexibility index (Phi) is 5.65. The van der Waals surface area contributed by atoms with E-state index in [4.69, 9.17) is 5.26 Å². The lowest BCUT2D eigenvalue weighted by Gasteiger charge is -2.21. The van der Waals surface area contributed by atoms with Crippen molar-refractivity contribution in [1.82, 2.24) is 4.90 Å². The lowest BCUT2D eigenvalue weighted by molar-refractivity contribution is -0.130. The maximum atomic E-state index is 11.9. The van der Waals surface area contributed by atoms with Gasteiger partial charge in [0.25, 0.3) is 0 Å². The summed E-state index contributed by atoms with van der Waals surface area (Å²) >= 11 is 0. The molecule has 3 heteroatoms. The van der Waals surface area contributed by atoms with Crippen molar-refractivity contribution in [3.05, 3.63) is 0 Å². The predicted octanol–water partition coefficient (Wildman–Crippen LogP) is 3.36. The number of unbranched alkanes of at least 4 members (excludes halogenated alkanes) is 1. The largest absolute Gasteiger partial charge is 0.343 e. The number of hydrogen-bond acceptors (Lipinski definition) is 2. The molecule has 0 aromatic rings. The molecule has 3 nitrogen and oxygen atoms in total. The fraction of sp³-hybridized carbons (Fsp3) is 0.867. The van der Waals surface area contributed by atoms with Crippen LogP contribution in [0, 0.1) is 22.7 Å². The number of hydrogen-bond donors (Lipinski definition) is 0. The normalized spacial score (nSPS) is 21.6. The first-order chi connectivity index (χ1) is 8.44. The minimum absolute atomic E-state index is 0.225. The summed E-state index contributed by atoms with van der Waals surface area (Å²) in [4.78, 5) is 13.9. The summed E-state index contributed by atoms with van der Waals surface area (Å²) < 4.78 is 0. The van der Waals surface area contributed by atoms with Crippen molar-refractivity contribution in [1.29, 1.82) is 5.26 Å². The monoisotopic (exact) mass is 250 g/mol. The SMILES string of the molecule is CC1CCC(=O)N(CCCCC(C)(C)C#N)CC1. The Labute approximate surface area is 111 Å². The van der Waals surface area contributed by atoms with E-state index in [1.807, 2.05) is 18.7 Å². The molecule has 0 aromatic carbocycles. The smallest absolute Gasteiger partial charge is 0.222 e. The van der Waals surface area contributed by atoms with Gasteiger partial charge in [0, 0.05) is 19.5 Å². The number of carbonyl (C=O) groups is 1. The van der Waals surface area contributed by atoms with Crippen LogP contribution in [0.2, 0.25) is 0 Å². The van der Waals surface area contributed by atoms with Gasteiger partial charge in [-0.25, -0.2) is 0 Å². The molecule has 1 aliphatic rings. The predicted molar refractivity (Wildman–Crippen MR) is 72.8 cm³/mol. The van der Waals surface area contributed by atoms with E-state index < -0.39 is 0 Å². The number of nitrogens with zero attached hydrogens (tertiary/aromatic N) is 2. The molecule has 0 spiro atoms. The van der Waals surface area contributed by atoms with Gasteiger partial charge in [0.05, 0.1) is 11.5 Å². The first kappa shape index (κ1) is 15.0. The van der Waals surface area contributed by atoms with Crippen molar-refractivity contribution in [3.63, 3.8) is 0 Å². The van der Waals surface area contributed by atoms with Crippen LogP contribution < -0.4 is 0 Å². The Balaban J connectivity index is 2.26. The highest BCUT2D eigenvalue weighted by atomic mass is 16.2. The van der Waals surface area contributed by atoms with Crippen LogP contribution in [0.1, 0.15) is 59.3 Å². The van der Waals surface area contributed by atoms with Crippen LogP contribution in [0.5, 0.6) is 0 Å². The third-order valence-electron chi connectivity index (χ3n) is 3.88. The summed E-state index contributed by atoms with van der Waals surface area (Å²) in [6, 6.07) is 2.32. The molecule has 1 heterocycles. The fourth-order valence-electron chi connectivity index (χ4n) is 2.34. The molecule has 0 saturated carbocycles. The molecule has 0 aromatic heterocycles.